The lowest BCUT2D eigenvalue weighted by Crippen LogP contribution is -2.46. The molecular formula is C17H23ClN2O2. The fourth-order valence-corrected chi connectivity index (χ4v) is 3.46. The van der Waals surface area contributed by atoms with Gasteiger partial charge in [0.15, 0.2) is 0 Å². The van der Waals surface area contributed by atoms with E-state index in [2.05, 4.69) is 5.48 Å². The normalized spacial score (nSPS) is 18.2. The number of hydroxylamine groups is 1. The summed E-state index contributed by atoms with van der Waals surface area (Å²) >= 11 is 6.06. The zero-order chi connectivity index (χ0) is 16.2. The summed E-state index contributed by atoms with van der Waals surface area (Å²) in [6.45, 7) is 4.07. The van der Waals surface area contributed by atoms with Gasteiger partial charge in [0.1, 0.15) is 0 Å². The number of rotatable bonds is 6. The quantitative estimate of drug-likeness (QED) is 0.810. The molecular weight excluding hydrogens is 300 g/mol. The van der Waals surface area contributed by atoms with Crippen LogP contribution in [0, 0.1) is 5.41 Å². The second-order valence-electron chi connectivity index (χ2n) is 5.64. The molecule has 1 aromatic rings. The van der Waals surface area contributed by atoms with Gasteiger partial charge in [-0.05, 0) is 43.4 Å². The predicted octanol–water partition coefficient (Wildman–Crippen LogP) is 3.78. The predicted molar refractivity (Wildman–Crippen MR) is 89.2 cm³/mol. The number of nitrogens with zero attached hydrogens (tertiary/aromatic N) is 1. The van der Waals surface area contributed by atoms with Crippen LogP contribution in [0.4, 0.5) is 0 Å². The maximum absolute atomic E-state index is 12.5. The molecule has 0 saturated heterocycles. The number of aliphatic imine (C=N–C) groups is 1. The molecule has 0 unspecified atom stereocenters. The molecule has 0 radical (unpaired) electrons. The molecule has 2 rings (SSSR count). The Kier molecular flexibility index (Phi) is 5.59. The molecule has 1 aromatic carbocycles. The van der Waals surface area contributed by atoms with Gasteiger partial charge in [-0.1, -0.05) is 37.6 Å². The summed E-state index contributed by atoms with van der Waals surface area (Å²) < 4.78 is 0. The Hall–Kier alpha value is -1.39. The SMILES string of the molecule is CCC(CC)(C(=O)NOC)[C@H]1CCC(c2cccc(Cl)c2)=N1. The smallest absolute Gasteiger partial charge is 0.251 e. The topological polar surface area (TPSA) is 50.7 Å². The molecule has 1 aliphatic rings. The molecule has 0 fully saturated rings. The number of hydrogen-bond donors (Lipinski definition) is 1. The molecule has 1 heterocycles. The van der Waals surface area contributed by atoms with E-state index in [0.29, 0.717) is 5.02 Å². The minimum absolute atomic E-state index is 0.0216. The summed E-state index contributed by atoms with van der Waals surface area (Å²) in [6, 6.07) is 7.70. The monoisotopic (exact) mass is 322 g/mol. The molecule has 0 aromatic heterocycles. The highest BCUT2D eigenvalue weighted by atomic mass is 35.5. The summed E-state index contributed by atoms with van der Waals surface area (Å²) in [5.74, 6) is -0.0823. The van der Waals surface area contributed by atoms with Crippen molar-refractivity contribution in [2.45, 2.75) is 45.6 Å². The van der Waals surface area contributed by atoms with Crippen molar-refractivity contribution in [3.05, 3.63) is 34.9 Å². The van der Waals surface area contributed by atoms with E-state index < -0.39 is 5.41 Å². The first-order chi connectivity index (χ1) is 10.6. The van der Waals surface area contributed by atoms with E-state index in [9.17, 15) is 4.79 Å². The van der Waals surface area contributed by atoms with E-state index in [1.165, 1.54) is 7.11 Å². The largest absolute Gasteiger partial charge is 0.285 e. The second-order valence-corrected chi connectivity index (χ2v) is 6.08. The highest BCUT2D eigenvalue weighted by Gasteiger charge is 2.44. The molecule has 0 aliphatic carbocycles. The van der Waals surface area contributed by atoms with E-state index in [4.69, 9.17) is 21.4 Å². The lowest BCUT2D eigenvalue weighted by atomic mass is 9.74. The first-order valence-electron chi connectivity index (χ1n) is 7.73. The van der Waals surface area contributed by atoms with Crippen LogP contribution in [0.1, 0.15) is 45.1 Å². The van der Waals surface area contributed by atoms with Crippen molar-refractivity contribution in [1.29, 1.82) is 0 Å². The number of carbonyl (C=O) groups excluding carboxylic acids is 1. The Balaban J connectivity index is 2.30. The molecule has 1 amide bonds. The lowest BCUT2D eigenvalue weighted by Gasteiger charge is -2.33. The van der Waals surface area contributed by atoms with Crippen molar-refractivity contribution < 1.29 is 9.63 Å². The highest BCUT2D eigenvalue weighted by molar-refractivity contribution is 6.31. The maximum Gasteiger partial charge on any atom is 0.251 e. The Labute approximate surface area is 136 Å². The molecule has 0 bridgehead atoms. The Morgan fingerprint density at radius 3 is 2.77 bits per heavy atom. The number of benzene rings is 1. The second kappa shape index (κ2) is 7.25. The van der Waals surface area contributed by atoms with Crippen LogP contribution >= 0.6 is 11.6 Å². The molecule has 1 atom stereocenters. The molecule has 22 heavy (non-hydrogen) atoms. The minimum Gasteiger partial charge on any atom is -0.285 e. The highest BCUT2D eigenvalue weighted by Crippen LogP contribution is 2.39. The average Bonchev–Trinajstić information content (AvgIpc) is 3.00. The van der Waals surface area contributed by atoms with Crippen molar-refractivity contribution in [2.75, 3.05) is 7.11 Å². The molecule has 1 N–H and O–H groups in total. The van der Waals surface area contributed by atoms with Gasteiger partial charge >= 0.3 is 0 Å². The summed E-state index contributed by atoms with van der Waals surface area (Å²) in [5, 5.41) is 0.707. The summed E-state index contributed by atoms with van der Waals surface area (Å²) in [5.41, 5.74) is 4.06. The van der Waals surface area contributed by atoms with E-state index in [-0.39, 0.29) is 11.9 Å². The fraction of sp³-hybridized carbons (Fsp3) is 0.529. The minimum atomic E-state index is -0.518. The van der Waals surface area contributed by atoms with Crippen LogP contribution in [0.25, 0.3) is 0 Å². The third-order valence-corrected chi connectivity index (χ3v) is 4.91. The van der Waals surface area contributed by atoms with E-state index in [1.54, 1.807) is 0 Å². The fourth-order valence-electron chi connectivity index (χ4n) is 3.27. The van der Waals surface area contributed by atoms with Gasteiger partial charge in [0.25, 0.3) is 5.91 Å². The number of amides is 1. The van der Waals surface area contributed by atoms with Gasteiger partial charge in [-0.25, -0.2) is 5.48 Å². The molecule has 0 saturated carbocycles. The molecule has 120 valence electrons. The van der Waals surface area contributed by atoms with Crippen LogP contribution in [0.2, 0.25) is 5.02 Å². The van der Waals surface area contributed by atoms with Gasteiger partial charge in [-0.2, -0.15) is 0 Å². The zero-order valence-corrected chi connectivity index (χ0v) is 14.1. The number of hydrogen-bond acceptors (Lipinski definition) is 3. The molecule has 5 heteroatoms. The van der Waals surface area contributed by atoms with Gasteiger partial charge in [0.05, 0.1) is 18.6 Å². The van der Waals surface area contributed by atoms with Crippen molar-refractivity contribution in [3.63, 3.8) is 0 Å². The standard InChI is InChI=1S/C17H23ClN2O2/c1-4-17(5-2,16(21)20-22-3)15-10-9-14(19-15)12-7-6-8-13(18)11-12/h6-8,11,15H,4-5,9-10H2,1-3H3,(H,20,21)/t15-/m1/s1. The molecule has 0 spiro atoms. The molecule has 1 aliphatic heterocycles. The Morgan fingerprint density at radius 2 is 2.18 bits per heavy atom. The van der Waals surface area contributed by atoms with Crippen LogP contribution < -0.4 is 5.48 Å². The van der Waals surface area contributed by atoms with Crippen molar-refractivity contribution in [3.8, 4) is 0 Å². The van der Waals surface area contributed by atoms with E-state index in [0.717, 1.165) is 37.0 Å². The summed E-state index contributed by atoms with van der Waals surface area (Å²) in [4.78, 5) is 22.2. The number of nitrogens with one attached hydrogen (secondary N) is 1. The van der Waals surface area contributed by atoms with Crippen molar-refractivity contribution in [2.24, 2.45) is 10.4 Å². The van der Waals surface area contributed by atoms with Gasteiger partial charge in [0.2, 0.25) is 0 Å². The molecule has 4 nitrogen and oxygen atoms in total. The van der Waals surface area contributed by atoms with Crippen molar-refractivity contribution in [1.82, 2.24) is 5.48 Å². The van der Waals surface area contributed by atoms with Crippen molar-refractivity contribution >= 4 is 23.2 Å². The third kappa shape index (κ3) is 3.18. The number of halogens is 1. The summed E-state index contributed by atoms with van der Waals surface area (Å²) in [6.07, 6.45) is 3.21. The summed E-state index contributed by atoms with van der Waals surface area (Å²) in [7, 11) is 1.46. The van der Waals surface area contributed by atoms with Gasteiger partial charge in [0, 0.05) is 10.7 Å². The maximum atomic E-state index is 12.5. The zero-order valence-electron chi connectivity index (χ0n) is 13.4. The van der Waals surface area contributed by atoms with Crippen LogP contribution in [0.5, 0.6) is 0 Å². The van der Waals surface area contributed by atoms with Crippen LogP contribution in [-0.2, 0) is 9.63 Å². The first-order valence-corrected chi connectivity index (χ1v) is 8.11. The third-order valence-electron chi connectivity index (χ3n) is 4.67. The number of carbonyl (C=O) groups is 1. The van der Waals surface area contributed by atoms with E-state index >= 15 is 0 Å². The van der Waals surface area contributed by atoms with Crippen LogP contribution in [0.15, 0.2) is 29.3 Å². The van der Waals surface area contributed by atoms with E-state index in [1.807, 2.05) is 38.1 Å². The average molecular weight is 323 g/mol. The van der Waals surface area contributed by atoms with Crippen LogP contribution in [-0.4, -0.2) is 24.8 Å². The van der Waals surface area contributed by atoms with Gasteiger partial charge < -0.3 is 0 Å². The first kappa shape index (κ1) is 17.0. The van der Waals surface area contributed by atoms with Crippen LogP contribution in [0.3, 0.4) is 0 Å². The van der Waals surface area contributed by atoms with Gasteiger partial charge in [-0.15, -0.1) is 0 Å². The Bertz CT molecular complexity index is 568. The lowest BCUT2D eigenvalue weighted by molar-refractivity contribution is -0.143. The Morgan fingerprint density at radius 1 is 1.45 bits per heavy atom. The van der Waals surface area contributed by atoms with Gasteiger partial charge in [-0.3, -0.25) is 14.6 Å².